The van der Waals surface area contributed by atoms with Gasteiger partial charge in [0.05, 0.1) is 0 Å². The summed E-state index contributed by atoms with van der Waals surface area (Å²) in [5, 5.41) is 7.33. The van der Waals surface area contributed by atoms with Crippen molar-refractivity contribution in [3.05, 3.63) is 18.0 Å². The molecule has 26 heavy (non-hydrogen) atoms. The van der Waals surface area contributed by atoms with Crippen molar-refractivity contribution < 1.29 is 13.9 Å². The van der Waals surface area contributed by atoms with Crippen LogP contribution in [0.5, 0.6) is 0 Å². The van der Waals surface area contributed by atoms with E-state index in [1.165, 1.54) is 0 Å². The lowest BCUT2D eigenvalue weighted by atomic mass is 9.96. The van der Waals surface area contributed by atoms with Gasteiger partial charge in [-0.3, -0.25) is 5.10 Å². The number of nitrogens with zero attached hydrogens (tertiary/aromatic N) is 4. The van der Waals surface area contributed by atoms with Crippen LogP contribution in [0.1, 0.15) is 70.0 Å². The van der Waals surface area contributed by atoms with Gasteiger partial charge < -0.3 is 14.1 Å². The molecule has 140 valence electrons. The highest BCUT2D eigenvalue weighted by Crippen LogP contribution is 2.40. The molecule has 1 saturated heterocycles. The van der Waals surface area contributed by atoms with Crippen LogP contribution < -0.4 is 0 Å². The number of amides is 1. The highest BCUT2D eigenvalue weighted by molar-refractivity contribution is 5.68. The molecule has 8 heteroatoms. The minimum absolute atomic E-state index is 0.246. The summed E-state index contributed by atoms with van der Waals surface area (Å²) in [6.07, 6.45) is 5.35. The van der Waals surface area contributed by atoms with Crippen molar-refractivity contribution in [1.29, 1.82) is 0 Å². The number of rotatable bonds is 3. The van der Waals surface area contributed by atoms with E-state index < -0.39 is 5.60 Å². The molecule has 0 aromatic carbocycles. The maximum Gasteiger partial charge on any atom is 0.410 e. The number of likely N-dealkylation sites (tertiary alicyclic amines) is 1. The van der Waals surface area contributed by atoms with Gasteiger partial charge in [-0.1, -0.05) is 0 Å². The summed E-state index contributed by atoms with van der Waals surface area (Å²) in [4.78, 5) is 23.0. The lowest BCUT2D eigenvalue weighted by Gasteiger charge is -2.32. The van der Waals surface area contributed by atoms with E-state index in [-0.39, 0.29) is 12.0 Å². The Morgan fingerprint density at radius 1 is 1.19 bits per heavy atom. The first kappa shape index (κ1) is 17.1. The lowest BCUT2D eigenvalue weighted by Crippen LogP contribution is -2.41. The van der Waals surface area contributed by atoms with Crippen LogP contribution >= 0.6 is 0 Å². The lowest BCUT2D eigenvalue weighted by molar-refractivity contribution is 0.0203. The van der Waals surface area contributed by atoms with E-state index in [0.717, 1.165) is 37.4 Å². The van der Waals surface area contributed by atoms with Crippen LogP contribution in [0.2, 0.25) is 0 Å². The van der Waals surface area contributed by atoms with Gasteiger partial charge >= 0.3 is 6.09 Å². The van der Waals surface area contributed by atoms with E-state index >= 15 is 0 Å². The number of oxazole rings is 1. The van der Waals surface area contributed by atoms with Crippen LogP contribution in [-0.4, -0.2) is 49.8 Å². The SMILES string of the molecule is CC(C)(C)OC(=O)N1CCC(c2nc(-c3coc(C4CC4)n3)n[nH]2)CC1. The molecule has 0 spiro atoms. The second-order valence-corrected chi connectivity index (χ2v) is 8.13. The molecule has 0 radical (unpaired) electrons. The van der Waals surface area contributed by atoms with Gasteiger partial charge in [0.15, 0.2) is 5.89 Å². The summed E-state index contributed by atoms with van der Waals surface area (Å²) in [6, 6.07) is 0. The molecule has 2 aliphatic rings. The quantitative estimate of drug-likeness (QED) is 0.901. The summed E-state index contributed by atoms with van der Waals surface area (Å²) in [5.74, 6) is 2.94. The molecule has 0 atom stereocenters. The van der Waals surface area contributed by atoms with Crippen molar-refractivity contribution in [3.8, 4) is 11.5 Å². The molecule has 4 rings (SSSR count). The third-order valence-electron chi connectivity index (χ3n) is 4.71. The van der Waals surface area contributed by atoms with Gasteiger partial charge in [0.25, 0.3) is 0 Å². The van der Waals surface area contributed by atoms with Crippen LogP contribution in [0.3, 0.4) is 0 Å². The number of carbonyl (C=O) groups excluding carboxylic acids is 1. The highest BCUT2D eigenvalue weighted by atomic mass is 16.6. The highest BCUT2D eigenvalue weighted by Gasteiger charge is 2.31. The van der Waals surface area contributed by atoms with E-state index in [1.807, 2.05) is 20.8 Å². The molecule has 0 bridgehead atoms. The first-order valence-corrected chi connectivity index (χ1v) is 9.25. The van der Waals surface area contributed by atoms with E-state index in [0.29, 0.717) is 30.5 Å². The Labute approximate surface area is 152 Å². The Morgan fingerprint density at radius 3 is 2.58 bits per heavy atom. The zero-order chi connectivity index (χ0) is 18.3. The maximum atomic E-state index is 12.2. The number of aromatic nitrogens is 4. The first-order chi connectivity index (χ1) is 12.4. The fourth-order valence-electron chi connectivity index (χ4n) is 3.14. The summed E-state index contributed by atoms with van der Waals surface area (Å²) >= 11 is 0. The van der Waals surface area contributed by atoms with E-state index in [1.54, 1.807) is 11.2 Å². The molecule has 1 amide bonds. The van der Waals surface area contributed by atoms with Crippen LogP contribution in [0.4, 0.5) is 4.79 Å². The molecule has 2 aromatic rings. The van der Waals surface area contributed by atoms with Crippen molar-refractivity contribution in [1.82, 2.24) is 25.1 Å². The molecule has 1 saturated carbocycles. The second-order valence-electron chi connectivity index (χ2n) is 8.13. The number of hydrogen-bond acceptors (Lipinski definition) is 6. The average Bonchev–Trinajstić information content (AvgIpc) is 3.12. The minimum Gasteiger partial charge on any atom is -0.448 e. The number of carbonyl (C=O) groups is 1. The van der Waals surface area contributed by atoms with Crippen molar-refractivity contribution in [2.24, 2.45) is 0 Å². The number of nitrogens with one attached hydrogen (secondary N) is 1. The summed E-state index contributed by atoms with van der Waals surface area (Å²) < 4.78 is 11.0. The molecule has 8 nitrogen and oxygen atoms in total. The summed E-state index contributed by atoms with van der Waals surface area (Å²) in [5.41, 5.74) is 0.214. The number of aromatic amines is 1. The van der Waals surface area contributed by atoms with Gasteiger partial charge in [-0.05, 0) is 46.5 Å². The maximum absolute atomic E-state index is 12.2. The molecule has 2 fully saturated rings. The zero-order valence-corrected chi connectivity index (χ0v) is 15.5. The van der Waals surface area contributed by atoms with Gasteiger partial charge in [-0.25, -0.2) is 14.8 Å². The van der Waals surface area contributed by atoms with E-state index in [9.17, 15) is 4.79 Å². The van der Waals surface area contributed by atoms with Crippen molar-refractivity contribution in [2.45, 2.75) is 63.9 Å². The Kier molecular flexibility index (Phi) is 4.20. The van der Waals surface area contributed by atoms with Gasteiger partial charge in [0.2, 0.25) is 5.82 Å². The number of H-pyrrole nitrogens is 1. The van der Waals surface area contributed by atoms with E-state index in [2.05, 4.69) is 20.2 Å². The Balaban J connectivity index is 1.36. The monoisotopic (exact) mass is 359 g/mol. The predicted octanol–water partition coefficient (Wildman–Crippen LogP) is 3.45. The standard InChI is InChI=1S/C18H25N5O3/c1-18(2,3)26-17(24)23-8-6-11(7-9-23)14-20-15(22-21-14)13-10-25-16(19-13)12-4-5-12/h10-12H,4-9H2,1-3H3,(H,20,21,22). The first-order valence-electron chi connectivity index (χ1n) is 9.25. The zero-order valence-electron chi connectivity index (χ0n) is 15.5. The van der Waals surface area contributed by atoms with Crippen molar-refractivity contribution in [3.63, 3.8) is 0 Å². The molecule has 3 heterocycles. The third kappa shape index (κ3) is 3.73. The number of hydrogen-bond donors (Lipinski definition) is 1. The Hall–Kier alpha value is -2.38. The van der Waals surface area contributed by atoms with Crippen molar-refractivity contribution >= 4 is 6.09 Å². The average molecular weight is 359 g/mol. The number of piperidine rings is 1. The molecule has 2 aromatic heterocycles. The van der Waals surface area contributed by atoms with Crippen LogP contribution in [-0.2, 0) is 4.74 Å². The largest absolute Gasteiger partial charge is 0.448 e. The second kappa shape index (κ2) is 6.41. The van der Waals surface area contributed by atoms with Crippen molar-refractivity contribution in [2.75, 3.05) is 13.1 Å². The van der Waals surface area contributed by atoms with Crippen LogP contribution in [0.25, 0.3) is 11.5 Å². The smallest absolute Gasteiger partial charge is 0.410 e. The summed E-state index contributed by atoms with van der Waals surface area (Å²) in [6.45, 7) is 6.96. The Morgan fingerprint density at radius 2 is 1.92 bits per heavy atom. The number of ether oxygens (including phenoxy) is 1. The fourth-order valence-corrected chi connectivity index (χ4v) is 3.14. The van der Waals surface area contributed by atoms with Gasteiger partial charge in [0, 0.05) is 24.9 Å². The van der Waals surface area contributed by atoms with Crippen LogP contribution in [0.15, 0.2) is 10.7 Å². The van der Waals surface area contributed by atoms with Gasteiger partial charge in [0.1, 0.15) is 23.4 Å². The topological polar surface area (TPSA) is 97.1 Å². The van der Waals surface area contributed by atoms with Gasteiger partial charge in [-0.2, -0.15) is 5.10 Å². The molecule has 1 N–H and O–H groups in total. The molecule has 1 aliphatic carbocycles. The molecular weight excluding hydrogens is 334 g/mol. The molecule has 0 unspecified atom stereocenters. The molecule has 1 aliphatic heterocycles. The minimum atomic E-state index is -0.468. The third-order valence-corrected chi connectivity index (χ3v) is 4.71. The Bertz CT molecular complexity index is 779. The normalized spacial score (nSPS) is 19.0. The fraction of sp³-hybridized carbons (Fsp3) is 0.667. The summed E-state index contributed by atoms with van der Waals surface area (Å²) in [7, 11) is 0. The van der Waals surface area contributed by atoms with Gasteiger partial charge in [-0.15, -0.1) is 0 Å². The van der Waals surface area contributed by atoms with Crippen LogP contribution in [0, 0.1) is 0 Å². The molecular formula is C18H25N5O3. The predicted molar refractivity (Wildman–Crippen MR) is 93.6 cm³/mol. The van der Waals surface area contributed by atoms with E-state index in [4.69, 9.17) is 9.15 Å².